The van der Waals surface area contributed by atoms with E-state index in [2.05, 4.69) is 24.0 Å². The van der Waals surface area contributed by atoms with Crippen molar-refractivity contribution >= 4 is 21.8 Å². The zero-order valence-corrected chi connectivity index (χ0v) is 20.3. The minimum absolute atomic E-state index is 0.0811. The monoisotopic (exact) mass is 490 g/mol. The minimum atomic E-state index is -3.63. The fraction of sp³-hybridized carbons (Fsp3) is 0.391. The van der Waals surface area contributed by atoms with E-state index < -0.39 is 10.0 Å². The third-order valence-corrected chi connectivity index (χ3v) is 8.60. The van der Waals surface area contributed by atoms with Crippen molar-refractivity contribution in [1.29, 1.82) is 0 Å². The number of thioether (sulfide) groups is 1. The van der Waals surface area contributed by atoms with Crippen LogP contribution in [0.2, 0.25) is 0 Å². The van der Waals surface area contributed by atoms with Crippen LogP contribution in [0.1, 0.15) is 31.9 Å². The fourth-order valence-electron chi connectivity index (χ4n) is 3.64. The highest BCUT2D eigenvalue weighted by molar-refractivity contribution is 7.98. The average Bonchev–Trinajstić information content (AvgIpc) is 3.27. The molecule has 0 spiro atoms. The van der Waals surface area contributed by atoms with Crippen molar-refractivity contribution in [3.05, 3.63) is 59.9 Å². The first-order chi connectivity index (χ1) is 15.9. The number of ether oxygens (including phenoxy) is 1. The smallest absolute Gasteiger partial charge is 0.243 e. The summed E-state index contributed by atoms with van der Waals surface area (Å²) in [5, 5.41) is 9.43. The summed E-state index contributed by atoms with van der Waals surface area (Å²) < 4.78 is 49.1. The van der Waals surface area contributed by atoms with Gasteiger partial charge in [-0.15, -0.1) is 10.2 Å². The maximum Gasteiger partial charge on any atom is 0.243 e. The molecule has 1 saturated heterocycles. The number of sulfonamides is 1. The fourth-order valence-corrected chi connectivity index (χ4v) is 6.12. The molecule has 3 aromatic rings. The van der Waals surface area contributed by atoms with Crippen LogP contribution in [0.15, 0.2) is 58.6 Å². The number of morpholine rings is 1. The lowest BCUT2D eigenvalue weighted by molar-refractivity contribution is 0.0730. The van der Waals surface area contributed by atoms with Crippen molar-refractivity contribution in [3.8, 4) is 11.4 Å². The first kappa shape index (κ1) is 23.9. The SMILES string of the molecule is CC[C@H](C)n1c(SCc2ccccc2F)nnc1-c1cccc(S(=O)(=O)N2CCOCC2)c1. The van der Waals surface area contributed by atoms with Gasteiger partial charge in [0.15, 0.2) is 11.0 Å². The molecule has 4 rings (SSSR count). The number of halogens is 1. The van der Waals surface area contributed by atoms with E-state index in [0.29, 0.717) is 54.2 Å². The van der Waals surface area contributed by atoms with Gasteiger partial charge in [0.1, 0.15) is 5.82 Å². The van der Waals surface area contributed by atoms with Crippen LogP contribution in [0.4, 0.5) is 4.39 Å². The van der Waals surface area contributed by atoms with Crippen molar-refractivity contribution in [2.45, 2.75) is 42.1 Å². The molecule has 2 heterocycles. The van der Waals surface area contributed by atoms with Crippen LogP contribution in [0.5, 0.6) is 0 Å². The molecular formula is C23H27FN4O3S2. The van der Waals surface area contributed by atoms with Crippen LogP contribution < -0.4 is 0 Å². The summed E-state index contributed by atoms with van der Waals surface area (Å²) in [4.78, 5) is 0.223. The molecule has 0 bridgehead atoms. The standard InChI is InChI=1S/C23H27FN4O3S2/c1-3-17(2)28-22(25-26-23(28)32-16-19-7-4-5-10-21(19)24)18-8-6-9-20(15-18)33(29,30)27-11-13-31-14-12-27/h4-10,15,17H,3,11-14,16H2,1-2H3/t17-/m0/s1. The molecule has 0 N–H and O–H groups in total. The van der Waals surface area contributed by atoms with E-state index in [1.807, 2.05) is 16.7 Å². The van der Waals surface area contributed by atoms with Crippen molar-refractivity contribution in [2.24, 2.45) is 0 Å². The largest absolute Gasteiger partial charge is 0.379 e. The highest BCUT2D eigenvalue weighted by atomic mass is 32.2. The summed E-state index contributed by atoms with van der Waals surface area (Å²) in [6, 6.07) is 13.6. The van der Waals surface area contributed by atoms with Crippen LogP contribution in [-0.2, 0) is 20.5 Å². The predicted octanol–water partition coefficient (Wildman–Crippen LogP) is 4.37. The summed E-state index contributed by atoms with van der Waals surface area (Å²) >= 11 is 1.41. The lowest BCUT2D eigenvalue weighted by Crippen LogP contribution is -2.40. The van der Waals surface area contributed by atoms with Gasteiger partial charge < -0.3 is 4.74 Å². The molecule has 0 unspecified atom stereocenters. The Balaban J connectivity index is 1.66. The van der Waals surface area contributed by atoms with Gasteiger partial charge in [-0.1, -0.05) is 49.0 Å². The average molecular weight is 491 g/mol. The Labute approximate surface area is 198 Å². The molecule has 1 atom stereocenters. The van der Waals surface area contributed by atoms with Crippen LogP contribution >= 0.6 is 11.8 Å². The van der Waals surface area contributed by atoms with Crippen molar-refractivity contribution < 1.29 is 17.5 Å². The molecule has 33 heavy (non-hydrogen) atoms. The zero-order chi connectivity index (χ0) is 23.4. The van der Waals surface area contributed by atoms with E-state index in [9.17, 15) is 12.8 Å². The molecule has 1 aliphatic heterocycles. The van der Waals surface area contributed by atoms with Gasteiger partial charge in [-0.25, -0.2) is 12.8 Å². The van der Waals surface area contributed by atoms with E-state index in [1.54, 1.807) is 30.3 Å². The molecule has 7 nitrogen and oxygen atoms in total. The highest BCUT2D eigenvalue weighted by Gasteiger charge is 2.27. The Morgan fingerprint density at radius 3 is 2.61 bits per heavy atom. The Morgan fingerprint density at radius 1 is 1.12 bits per heavy atom. The number of aromatic nitrogens is 3. The summed E-state index contributed by atoms with van der Waals surface area (Å²) in [6.45, 7) is 5.60. The van der Waals surface area contributed by atoms with Gasteiger partial charge in [0.25, 0.3) is 0 Å². The third-order valence-electron chi connectivity index (χ3n) is 5.71. The minimum Gasteiger partial charge on any atom is -0.379 e. The zero-order valence-electron chi connectivity index (χ0n) is 18.6. The molecule has 10 heteroatoms. The lowest BCUT2D eigenvalue weighted by Gasteiger charge is -2.26. The molecule has 0 aliphatic carbocycles. The molecule has 0 saturated carbocycles. The van der Waals surface area contributed by atoms with Gasteiger partial charge in [-0.3, -0.25) is 4.57 Å². The second kappa shape index (κ2) is 10.3. The Bertz CT molecular complexity index is 1210. The number of benzene rings is 2. The first-order valence-electron chi connectivity index (χ1n) is 10.9. The third kappa shape index (κ3) is 5.13. The molecule has 176 valence electrons. The Morgan fingerprint density at radius 2 is 1.88 bits per heavy atom. The van der Waals surface area contributed by atoms with Crippen molar-refractivity contribution in [2.75, 3.05) is 26.3 Å². The number of nitrogens with zero attached hydrogens (tertiary/aromatic N) is 4. The summed E-state index contributed by atoms with van der Waals surface area (Å²) in [7, 11) is -3.63. The summed E-state index contributed by atoms with van der Waals surface area (Å²) in [6.07, 6.45) is 0.837. The quantitative estimate of drug-likeness (QED) is 0.437. The molecule has 1 aromatic heterocycles. The highest BCUT2D eigenvalue weighted by Crippen LogP contribution is 2.32. The van der Waals surface area contributed by atoms with Gasteiger partial charge in [0.05, 0.1) is 18.1 Å². The van der Waals surface area contributed by atoms with E-state index >= 15 is 0 Å². The van der Waals surface area contributed by atoms with Gasteiger partial charge in [-0.05, 0) is 37.1 Å². The number of hydrogen-bond donors (Lipinski definition) is 0. The first-order valence-corrected chi connectivity index (χ1v) is 13.3. The van der Waals surface area contributed by atoms with Gasteiger partial charge >= 0.3 is 0 Å². The predicted molar refractivity (Wildman–Crippen MR) is 126 cm³/mol. The van der Waals surface area contributed by atoms with Crippen LogP contribution in [0, 0.1) is 5.82 Å². The normalized spacial score (nSPS) is 16.1. The van der Waals surface area contributed by atoms with Gasteiger partial charge in [0.2, 0.25) is 10.0 Å². The lowest BCUT2D eigenvalue weighted by atomic mass is 10.2. The molecule has 1 aliphatic rings. The van der Waals surface area contributed by atoms with E-state index in [1.165, 1.54) is 22.1 Å². The van der Waals surface area contributed by atoms with Crippen molar-refractivity contribution in [1.82, 2.24) is 19.1 Å². The molecule has 2 aromatic carbocycles. The van der Waals surface area contributed by atoms with E-state index in [4.69, 9.17) is 4.74 Å². The van der Waals surface area contributed by atoms with Crippen LogP contribution in [0.25, 0.3) is 11.4 Å². The van der Waals surface area contributed by atoms with Crippen LogP contribution in [0.3, 0.4) is 0 Å². The molecular weight excluding hydrogens is 463 g/mol. The summed E-state index contributed by atoms with van der Waals surface area (Å²) in [5.41, 5.74) is 1.27. The van der Waals surface area contributed by atoms with Gasteiger partial charge in [0, 0.05) is 30.4 Å². The second-order valence-corrected chi connectivity index (χ2v) is 10.7. The summed E-state index contributed by atoms with van der Waals surface area (Å²) in [5.74, 6) is 0.771. The second-order valence-electron chi connectivity index (χ2n) is 7.86. The maximum absolute atomic E-state index is 14.1. The van der Waals surface area contributed by atoms with Crippen molar-refractivity contribution in [3.63, 3.8) is 0 Å². The molecule has 0 radical (unpaired) electrons. The molecule has 0 amide bonds. The number of hydrogen-bond acceptors (Lipinski definition) is 6. The Hall–Kier alpha value is -2.27. The maximum atomic E-state index is 14.1. The van der Waals surface area contributed by atoms with E-state index in [0.717, 1.165) is 6.42 Å². The number of rotatable bonds is 8. The molecule has 1 fully saturated rings. The topological polar surface area (TPSA) is 77.3 Å². The Kier molecular flexibility index (Phi) is 7.48. The van der Waals surface area contributed by atoms with Gasteiger partial charge in [-0.2, -0.15) is 4.31 Å². The van der Waals surface area contributed by atoms with E-state index in [-0.39, 0.29) is 16.8 Å². The van der Waals surface area contributed by atoms with Crippen LogP contribution in [-0.4, -0.2) is 53.8 Å².